The van der Waals surface area contributed by atoms with Gasteiger partial charge in [0.1, 0.15) is 11.3 Å². The molecule has 0 aliphatic carbocycles. The highest BCUT2D eigenvalue weighted by molar-refractivity contribution is 5.88. The van der Waals surface area contributed by atoms with Crippen LogP contribution in [-0.2, 0) is 17.8 Å². The quantitative estimate of drug-likeness (QED) is 0.897. The van der Waals surface area contributed by atoms with Gasteiger partial charge in [-0.1, -0.05) is 6.07 Å². The number of phenolic OH excluding ortho intramolecular Hbond substituents is 1. The number of rotatable bonds is 4. The summed E-state index contributed by atoms with van der Waals surface area (Å²) in [5.74, 6) is 0.338. The summed E-state index contributed by atoms with van der Waals surface area (Å²) in [6, 6.07) is 6.20. The Balaban J connectivity index is 1.63. The molecule has 0 bridgehead atoms. The second-order valence-electron chi connectivity index (χ2n) is 7.41. The van der Waals surface area contributed by atoms with E-state index in [0.29, 0.717) is 5.75 Å². The molecule has 0 spiro atoms. The van der Waals surface area contributed by atoms with Crippen molar-refractivity contribution in [1.29, 1.82) is 0 Å². The van der Waals surface area contributed by atoms with Crippen LogP contribution in [0.4, 0.5) is 0 Å². The van der Waals surface area contributed by atoms with E-state index in [4.69, 9.17) is 4.74 Å². The SMILES string of the molecule is CN1CCN(Cc2cc(CN3CCOCC3)c3cccnc3c2O)CC1. The predicted molar refractivity (Wildman–Crippen MR) is 102 cm³/mol. The number of aromatic hydroxyl groups is 1. The van der Waals surface area contributed by atoms with Crippen LogP contribution >= 0.6 is 0 Å². The Morgan fingerprint density at radius 3 is 2.46 bits per heavy atom. The fourth-order valence-corrected chi connectivity index (χ4v) is 3.86. The highest BCUT2D eigenvalue weighted by Crippen LogP contribution is 2.32. The molecule has 1 aromatic carbocycles. The summed E-state index contributed by atoms with van der Waals surface area (Å²) in [4.78, 5) is 11.7. The van der Waals surface area contributed by atoms with Gasteiger partial charge in [0.25, 0.3) is 0 Å². The van der Waals surface area contributed by atoms with Gasteiger partial charge in [-0.3, -0.25) is 14.8 Å². The maximum atomic E-state index is 10.8. The van der Waals surface area contributed by atoms with E-state index in [1.807, 2.05) is 6.07 Å². The zero-order valence-electron chi connectivity index (χ0n) is 15.5. The summed E-state index contributed by atoms with van der Waals surface area (Å²) in [5.41, 5.74) is 2.96. The molecule has 2 saturated heterocycles. The number of hydrogen-bond donors (Lipinski definition) is 1. The van der Waals surface area contributed by atoms with Crippen LogP contribution in [0.5, 0.6) is 5.75 Å². The number of piperazine rings is 1. The average molecular weight is 356 g/mol. The molecule has 0 radical (unpaired) electrons. The number of benzene rings is 1. The molecular weight excluding hydrogens is 328 g/mol. The van der Waals surface area contributed by atoms with Gasteiger partial charge in [-0.2, -0.15) is 0 Å². The first-order chi connectivity index (χ1) is 12.7. The van der Waals surface area contributed by atoms with Gasteiger partial charge in [-0.15, -0.1) is 0 Å². The molecule has 26 heavy (non-hydrogen) atoms. The van der Waals surface area contributed by atoms with Crippen molar-refractivity contribution in [2.24, 2.45) is 0 Å². The van der Waals surface area contributed by atoms with Gasteiger partial charge in [0.15, 0.2) is 0 Å². The maximum Gasteiger partial charge on any atom is 0.146 e. The number of aromatic nitrogens is 1. The zero-order chi connectivity index (χ0) is 17.9. The van der Waals surface area contributed by atoms with E-state index in [-0.39, 0.29) is 0 Å². The van der Waals surface area contributed by atoms with Crippen LogP contribution in [0.15, 0.2) is 24.4 Å². The van der Waals surface area contributed by atoms with Crippen LogP contribution in [0.1, 0.15) is 11.1 Å². The largest absolute Gasteiger partial charge is 0.505 e. The Hall–Kier alpha value is -1.73. The molecule has 4 rings (SSSR count). The van der Waals surface area contributed by atoms with Crippen molar-refractivity contribution in [1.82, 2.24) is 19.7 Å². The van der Waals surface area contributed by atoms with Crippen LogP contribution < -0.4 is 0 Å². The number of fused-ring (bicyclic) bond motifs is 1. The van der Waals surface area contributed by atoms with Crippen molar-refractivity contribution in [3.05, 3.63) is 35.5 Å². The van der Waals surface area contributed by atoms with Gasteiger partial charge < -0.3 is 14.7 Å². The first kappa shape index (κ1) is 17.7. The molecule has 140 valence electrons. The molecule has 0 atom stereocenters. The van der Waals surface area contributed by atoms with Gasteiger partial charge in [-0.05, 0) is 24.7 Å². The molecule has 2 aliphatic rings. The molecule has 6 heteroatoms. The summed E-state index contributed by atoms with van der Waals surface area (Å²) in [6.45, 7) is 9.38. The molecule has 0 unspecified atom stereocenters. The lowest BCUT2D eigenvalue weighted by Gasteiger charge is -2.32. The van der Waals surface area contributed by atoms with Crippen molar-refractivity contribution in [2.45, 2.75) is 13.1 Å². The summed E-state index contributed by atoms with van der Waals surface area (Å²) < 4.78 is 5.47. The van der Waals surface area contributed by atoms with E-state index in [9.17, 15) is 5.11 Å². The van der Waals surface area contributed by atoms with Gasteiger partial charge >= 0.3 is 0 Å². The lowest BCUT2D eigenvalue weighted by atomic mass is 10.0. The Bertz CT molecular complexity index is 753. The number of pyridine rings is 1. The Labute approximate surface area is 155 Å². The number of hydrogen-bond acceptors (Lipinski definition) is 6. The third-order valence-electron chi connectivity index (χ3n) is 5.52. The van der Waals surface area contributed by atoms with Crippen molar-refractivity contribution >= 4 is 10.9 Å². The van der Waals surface area contributed by atoms with Crippen LogP contribution in [0, 0.1) is 0 Å². The van der Waals surface area contributed by atoms with Crippen molar-refractivity contribution in [2.75, 3.05) is 59.5 Å². The van der Waals surface area contributed by atoms with Gasteiger partial charge in [0.2, 0.25) is 0 Å². The lowest BCUT2D eigenvalue weighted by Crippen LogP contribution is -2.43. The van der Waals surface area contributed by atoms with E-state index in [1.54, 1.807) is 6.20 Å². The first-order valence-corrected chi connectivity index (χ1v) is 9.50. The van der Waals surface area contributed by atoms with E-state index in [1.165, 1.54) is 5.56 Å². The molecular formula is C20H28N4O2. The van der Waals surface area contributed by atoms with Crippen LogP contribution in [0.2, 0.25) is 0 Å². The number of likely N-dealkylation sites (N-methyl/N-ethyl adjacent to an activating group) is 1. The molecule has 2 aromatic rings. The molecule has 0 amide bonds. The number of morpholine rings is 1. The number of phenols is 1. The number of nitrogens with zero attached hydrogens (tertiary/aromatic N) is 4. The van der Waals surface area contributed by atoms with Gasteiger partial charge in [0, 0.05) is 69.5 Å². The van der Waals surface area contributed by atoms with E-state index < -0.39 is 0 Å². The fourth-order valence-electron chi connectivity index (χ4n) is 3.86. The summed E-state index contributed by atoms with van der Waals surface area (Å²) in [6.07, 6.45) is 1.76. The van der Waals surface area contributed by atoms with Crippen molar-refractivity contribution in [3.63, 3.8) is 0 Å². The normalized spacial score (nSPS) is 20.7. The predicted octanol–water partition coefficient (Wildman–Crippen LogP) is 1.52. The zero-order valence-corrected chi connectivity index (χ0v) is 15.5. The molecule has 3 heterocycles. The fraction of sp³-hybridized carbons (Fsp3) is 0.550. The molecule has 2 fully saturated rings. The average Bonchev–Trinajstić information content (AvgIpc) is 2.68. The number of ether oxygens (including phenoxy) is 1. The third kappa shape index (κ3) is 3.83. The first-order valence-electron chi connectivity index (χ1n) is 9.50. The maximum absolute atomic E-state index is 10.8. The van der Waals surface area contributed by atoms with Crippen molar-refractivity contribution < 1.29 is 9.84 Å². The Morgan fingerprint density at radius 1 is 1.00 bits per heavy atom. The molecule has 1 N–H and O–H groups in total. The van der Waals surface area contributed by atoms with E-state index >= 15 is 0 Å². The van der Waals surface area contributed by atoms with Crippen LogP contribution in [0.3, 0.4) is 0 Å². The molecule has 1 aromatic heterocycles. The van der Waals surface area contributed by atoms with Crippen molar-refractivity contribution in [3.8, 4) is 5.75 Å². The summed E-state index contributed by atoms with van der Waals surface area (Å²) >= 11 is 0. The second-order valence-corrected chi connectivity index (χ2v) is 7.41. The van der Waals surface area contributed by atoms with Gasteiger partial charge in [0.05, 0.1) is 13.2 Å². The van der Waals surface area contributed by atoms with Crippen LogP contribution in [0.25, 0.3) is 10.9 Å². The highest BCUT2D eigenvalue weighted by atomic mass is 16.5. The topological polar surface area (TPSA) is 52.1 Å². The summed E-state index contributed by atoms with van der Waals surface area (Å²) in [5, 5.41) is 11.9. The second kappa shape index (κ2) is 7.88. The van der Waals surface area contributed by atoms with Crippen LogP contribution in [-0.4, -0.2) is 84.3 Å². The minimum atomic E-state index is 0.338. The summed E-state index contributed by atoms with van der Waals surface area (Å²) in [7, 11) is 2.16. The lowest BCUT2D eigenvalue weighted by molar-refractivity contribution is 0.0343. The molecule has 0 saturated carbocycles. The third-order valence-corrected chi connectivity index (χ3v) is 5.52. The monoisotopic (exact) mass is 356 g/mol. The smallest absolute Gasteiger partial charge is 0.146 e. The van der Waals surface area contributed by atoms with E-state index in [0.717, 1.165) is 82.0 Å². The minimum Gasteiger partial charge on any atom is -0.505 e. The Kier molecular flexibility index (Phi) is 5.36. The van der Waals surface area contributed by atoms with E-state index in [2.05, 4.69) is 38.9 Å². The molecule has 2 aliphatic heterocycles. The Morgan fingerprint density at radius 2 is 1.69 bits per heavy atom. The standard InChI is InChI=1S/C20H28N4O2/c1-22-5-7-23(8-6-22)15-17-13-16(14-24-9-11-26-12-10-24)18-3-2-4-21-19(18)20(17)25/h2-4,13,25H,5-12,14-15H2,1H3. The molecule has 6 nitrogen and oxygen atoms in total. The highest BCUT2D eigenvalue weighted by Gasteiger charge is 2.20. The minimum absolute atomic E-state index is 0.338. The van der Waals surface area contributed by atoms with Gasteiger partial charge in [-0.25, -0.2) is 0 Å².